The van der Waals surface area contributed by atoms with Gasteiger partial charge < -0.3 is 5.73 Å². The van der Waals surface area contributed by atoms with Gasteiger partial charge >= 0.3 is 0 Å². The predicted octanol–water partition coefficient (Wildman–Crippen LogP) is 1.93. The Morgan fingerprint density at radius 1 is 1.47 bits per heavy atom. The maximum absolute atomic E-state index is 10.7. The predicted molar refractivity (Wildman–Crippen MR) is 64.0 cm³/mol. The van der Waals surface area contributed by atoms with Crippen molar-refractivity contribution in [3.8, 4) is 5.69 Å². The molecule has 6 nitrogen and oxygen atoms in total. The van der Waals surface area contributed by atoms with E-state index in [1.165, 1.54) is 12.1 Å². The van der Waals surface area contributed by atoms with Crippen molar-refractivity contribution in [2.75, 3.05) is 5.73 Å². The van der Waals surface area contributed by atoms with Crippen molar-refractivity contribution in [1.29, 1.82) is 0 Å². The minimum atomic E-state index is -0.429. The number of anilines is 1. The number of aryl methyl sites for hydroxylation is 1. The van der Waals surface area contributed by atoms with Crippen LogP contribution in [0, 0.1) is 10.1 Å². The highest BCUT2D eigenvalue weighted by atomic mass is 16.6. The van der Waals surface area contributed by atoms with Crippen molar-refractivity contribution in [3.05, 3.63) is 46.1 Å². The van der Waals surface area contributed by atoms with E-state index in [1.54, 1.807) is 22.9 Å². The number of nitrogens with zero attached hydrogens (tertiary/aromatic N) is 3. The third-order valence-corrected chi connectivity index (χ3v) is 2.45. The van der Waals surface area contributed by atoms with Crippen molar-refractivity contribution >= 4 is 11.5 Å². The second-order valence-electron chi connectivity index (χ2n) is 3.60. The average Bonchev–Trinajstić information content (AvgIpc) is 2.70. The minimum Gasteiger partial charge on any atom is -0.382 e. The van der Waals surface area contributed by atoms with E-state index in [-0.39, 0.29) is 5.69 Å². The number of rotatable bonds is 3. The Balaban J connectivity index is 2.52. The highest BCUT2D eigenvalue weighted by Gasteiger charge is 2.10. The second kappa shape index (κ2) is 4.25. The molecule has 0 atom stereocenters. The van der Waals surface area contributed by atoms with Gasteiger partial charge in [0.05, 0.1) is 10.6 Å². The molecule has 0 aliphatic rings. The van der Waals surface area contributed by atoms with Gasteiger partial charge in [-0.2, -0.15) is 5.10 Å². The number of nitro benzene ring substituents is 1. The van der Waals surface area contributed by atoms with Crippen LogP contribution in [0.4, 0.5) is 11.5 Å². The molecule has 2 N–H and O–H groups in total. The first kappa shape index (κ1) is 11.1. The number of nitrogen functional groups attached to an aromatic ring is 1. The minimum absolute atomic E-state index is 0.0404. The van der Waals surface area contributed by atoms with E-state index in [0.29, 0.717) is 11.5 Å². The molecule has 0 spiro atoms. The van der Waals surface area contributed by atoms with Gasteiger partial charge in [0.1, 0.15) is 5.82 Å². The molecule has 0 unspecified atom stereocenters. The Morgan fingerprint density at radius 3 is 2.88 bits per heavy atom. The van der Waals surface area contributed by atoms with Crippen LogP contribution in [-0.4, -0.2) is 14.7 Å². The maximum Gasteiger partial charge on any atom is 0.271 e. The summed E-state index contributed by atoms with van der Waals surface area (Å²) in [6.07, 6.45) is 0.757. The molecule has 1 aromatic carbocycles. The summed E-state index contributed by atoms with van der Waals surface area (Å²) in [5.41, 5.74) is 7.23. The summed E-state index contributed by atoms with van der Waals surface area (Å²) in [4.78, 5) is 10.3. The molecule has 0 fully saturated rings. The molecule has 0 aliphatic carbocycles. The van der Waals surface area contributed by atoms with Crippen LogP contribution < -0.4 is 5.73 Å². The van der Waals surface area contributed by atoms with Crippen molar-refractivity contribution < 1.29 is 4.92 Å². The largest absolute Gasteiger partial charge is 0.382 e. The van der Waals surface area contributed by atoms with Gasteiger partial charge in [-0.1, -0.05) is 13.0 Å². The van der Waals surface area contributed by atoms with Crippen LogP contribution >= 0.6 is 0 Å². The molecule has 1 aromatic heterocycles. The molecule has 1 heterocycles. The monoisotopic (exact) mass is 232 g/mol. The van der Waals surface area contributed by atoms with E-state index in [2.05, 4.69) is 5.10 Å². The van der Waals surface area contributed by atoms with Crippen LogP contribution in [0.1, 0.15) is 12.6 Å². The Hall–Kier alpha value is -2.37. The van der Waals surface area contributed by atoms with E-state index in [1.807, 2.05) is 6.92 Å². The summed E-state index contributed by atoms with van der Waals surface area (Å²) in [5.74, 6) is 0.411. The quantitative estimate of drug-likeness (QED) is 0.647. The number of nitrogens with two attached hydrogens (primary N) is 1. The number of benzene rings is 1. The molecule has 0 radical (unpaired) electrons. The van der Waals surface area contributed by atoms with Crippen molar-refractivity contribution in [2.45, 2.75) is 13.3 Å². The Kier molecular flexibility index (Phi) is 2.78. The lowest BCUT2D eigenvalue weighted by molar-refractivity contribution is -0.384. The van der Waals surface area contributed by atoms with E-state index < -0.39 is 4.92 Å². The molecule has 2 aromatic rings. The highest BCUT2D eigenvalue weighted by molar-refractivity contribution is 5.45. The normalized spacial score (nSPS) is 10.4. The zero-order chi connectivity index (χ0) is 12.4. The van der Waals surface area contributed by atoms with Gasteiger partial charge in [-0.25, -0.2) is 4.68 Å². The summed E-state index contributed by atoms with van der Waals surface area (Å²) >= 11 is 0. The molecule has 0 aliphatic heterocycles. The summed E-state index contributed by atoms with van der Waals surface area (Å²) < 4.78 is 1.63. The fraction of sp³-hybridized carbons (Fsp3) is 0.182. The lowest BCUT2D eigenvalue weighted by Gasteiger charge is -2.04. The Labute approximate surface area is 97.8 Å². The van der Waals surface area contributed by atoms with Crippen LogP contribution in [-0.2, 0) is 6.42 Å². The van der Waals surface area contributed by atoms with Crippen molar-refractivity contribution in [1.82, 2.24) is 9.78 Å². The van der Waals surface area contributed by atoms with Crippen molar-refractivity contribution in [3.63, 3.8) is 0 Å². The van der Waals surface area contributed by atoms with Crippen molar-refractivity contribution in [2.24, 2.45) is 0 Å². The van der Waals surface area contributed by atoms with Crippen LogP contribution in [0.15, 0.2) is 30.3 Å². The third-order valence-electron chi connectivity index (χ3n) is 2.45. The van der Waals surface area contributed by atoms with Gasteiger partial charge in [-0.15, -0.1) is 0 Å². The second-order valence-corrected chi connectivity index (χ2v) is 3.60. The van der Waals surface area contributed by atoms with E-state index in [4.69, 9.17) is 5.73 Å². The Morgan fingerprint density at radius 2 is 2.24 bits per heavy atom. The lowest BCUT2D eigenvalue weighted by atomic mass is 10.2. The van der Waals surface area contributed by atoms with Crippen LogP contribution in [0.5, 0.6) is 0 Å². The van der Waals surface area contributed by atoms with E-state index in [0.717, 1.165) is 12.1 Å². The van der Waals surface area contributed by atoms with E-state index in [9.17, 15) is 10.1 Å². The molecule has 6 heteroatoms. The first-order valence-electron chi connectivity index (χ1n) is 5.21. The van der Waals surface area contributed by atoms with Crippen LogP contribution in [0.3, 0.4) is 0 Å². The highest BCUT2D eigenvalue weighted by Crippen LogP contribution is 2.19. The number of aromatic nitrogens is 2. The first-order chi connectivity index (χ1) is 8.11. The average molecular weight is 232 g/mol. The van der Waals surface area contributed by atoms with Gasteiger partial charge in [-0.05, 0) is 12.5 Å². The molecule has 0 saturated carbocycles. The van der Waals surface area contributed by atoms with E-state index >= 15 is 0 Å². The topological polar surface area (TPSA) is 87.0 Å². The number of hydrogen-bond acceptors (Lipinski definition) is 4. The number of non-ortho nitro benzene ring substituents is 1. The van der Waals surface area contributed by atoms with Crippen LogP contribution in [0.25, 0.3) is 5.69 Å². The molecule has 0 saturated heterocycles. The summed E-state index contributed by atoms with van der Waals surface area (Å²) in [5, 5.41) is 14.8. The molecular weight excluding hydrogens is 220 g/mol. The maximum atomic E-state index is 10.7. The van der Waals surface area contributed by atoms with Gasteiger partial charge in [0.25, 0.3) is 5.69 Å². The SMILES string of the molecule is CCc1cc(N)nn1-c1cccc([N+](=O)[O-])c1. The Bertz CT molecular complexity index is 562. The van der Waals surface area contributed by atoms with Crippen LogP contribution in [0.2, 0.25) is 0 Å². The summed E-state index contributed by atoms with van der Waals surface area (Å²) in [7, 11) is 0. The summed E-state index contributed by atoms with van der Waals surface area (Å²) in [6, 6.07) is 8.08. The molecular formula is C11H12N4O2. The summed E-state index contributed by atoms with van der Waals surface area (Å²) in [6.45, 7) is 1.98. The third kappa shape index (κ3) is 2.10. The smallest absolute Gasteiger partial charge is 0.271 e. The molecule has 2 rings (SSSR count). The molecule has 88 valence electrons. The van der Waals surface area contributed by atoms with Gasteiger partial charge in [0.2, 0.25) is 0 Å². The zero-order valence-corrected chi connectivity index (χ0v) is 9.33. The zero-order valence-electron chi connectivity index (χ0n) is 9.33. The number of nitro groups is 1. The molecule has 0 bridgehead atoms. The lowest BCUT2D eigenvalue weighted by Crippen LogP contribution is -2.02. The molecule has 17 heavy (non-hydrogen) atoms. The van der Waals surface area contributed by atoms with Gasteiger partial charge in [-0.3, -0.25) is 10.1 Å². The fourth-order valence-corrected chi connectivity index (χ4v) is 1.65. The van der Waals surface area contributed by atoms with Gasteiger partial charge in [0, 0.05) is 23.9 Å². The van der Waals surface area contributed by atoms with Gasteiger partial charge in [0.15, 0.2) is 0 Å². The number of hydrogen-bond donors (Lipinski definition) is 1. The first-order valence-corrected chi connectivity index (χ1v) is 5.21. The standard InChI is InChI=1S/C11H12N4O2/c1-2-8-7-11(12)13-14(8)9-4-3-5-10(6-9)15(16)17/h3-7H,2H2,1H3,(H2,12,13). The fourth-order valence-electron chi connectivity index (χ4n) is 1.65. The molecule has 0 amide bonds.